The van der Waals surface area contributed by atoms with Crippen LogP contribution in [-0.2, 0) is 4.79 Å². The van der Waals surface area contributed by atoms with Gasteiger partial charge in [0.1, 0.15) is 4.83 Å². The standard InChI is InChI=1S/C16H12N4O2S2/c1-8-11-4-9(6-17-16(11)24-20-8)15(22)18-10-2-3-13-12(5-10)19-14(21)7-23-13/h2-6H,7H2,1H3,(H,18,22)(H,19,21). The molecule has 0 unspecified atom stereocenters. The molecule has 2 N–H and O–H groups in total. The Balaban J connectivity index is 1.60. The van der Waals surface area contributed by atoms with Crippen LogP contribution >= 0.6 is 23.3 Å². The van der Waals surface area contributed by atoms with Crippen LogP contribution in [-0.4, -0.2) is 26.9 Å². The number of anilines is 2. The number of benzene rings is 1. The molecule has 4 rings (SSSR count). The Kier molecular flexibility index (Phi) is 3.70. The second-order valence-corrected chi connectivity index (χ2v) is 7.12. The van der Waals surface area contributed by atoms with Gasteiger partial charge >= 0.3 is 0 Å². The summed E-state index contributed by atoms with van der Waals surface area (Å²) in [5.41, 5.74) is 2.69. The van der Waals surface area contributed by atoms with Crippen LogP contribution in [0.2, 0.25) is 0 Å². The van der Waals surface area contributed by atoms with Crippen LogP contribution in [0.4, 0.5) is 11.4 Å². The van der Waals surface area contributed by atoms with Crippen LogP contribution in [0.1, 0.15) is 16.1 Å². The molecule has 1 aromatic carbocycles. The fourth-order valence-electron chi connectivity index (χ4n) is 2.43. The highest BCUT2D eigenvalue weighted by molar-refractivity contribution is 8.00. The zero-order valence-electron chi connectivity index (χ0n) is 12.6. The average Bonchev–Trinajstić information content (AvgIpc) is 2.95. The molecule has 120 valence electrons. The van der Waals surface area contributed by atoms with Crippen molar-refractivity contribution in [3.8, 4) is 0 Å². The number of rotatable bonds is 2. The SMILES string of the molecule is Cc1nsc2ncc(C(=O)Nc3ccc4c(c3)NC(=O)CS4)cc12. The second kappa shape index (κ2) is 5.88. The third kappa shape index (κ3) is 2.74. The zero-order valence-corrected chi connectivity index (χ0v) is 14.3. The van der Waals surface area contributed by atoms with E-state index in [1.54, 1.807) is 18.3 Å². The van der Waals surface area contributed by atoms with E-state index >= 15 is 0 Å². The van der Waals surface area contributed by atoms with Gasteiger partial charge in [-0.25, -0.2) is 4.98 Å². The smallest absolute Gasteiger partial charge is 0.257 e. The fourth-order valence-corrected chi connectivity index (χ4v) is 3.95. The quantitative estimate of drug-likeness (QED) is 0.736. The van der Waals surface area contributed by atoms with Gasteiger partial charge in [0.2, 0.25) is 5.91 Å². The lowest BCUT2D eigenvalue weighted by Gasteiger charge is -2.17. The molecule has 2 amide bonds. The minimum Gasteiger partial charge on any atom is -0.324 e. The van der Waals surface area contributed by atoms with Crippen LogP contribution in [0.15, 0.2) is 35.4 Å². The van der Waals surface area contributed by atoms with Crippen molar-refractivity contribution in [2.75, 3.05) is 16.4 Å². The predicted octanol–water partition coefficient (Wildman–Crippen LogP) is 3.30. The first-order valence-electron chi connectivity index (χ1n) is 7.20. The maximum atomic E-state index is 12.5. The predicted molar refractivity (Wildman–Crippen MR) is 95.9 cm³/mol. The number of aromatic nitrogens is 2. The second-order valence-electron chi connectivity index (χ2n) is 5.35. The molecule has 2 aromatic heterocycles. The van der Waals surface area contributed by atoms with Crippen LogP contribution in [0.3, 0.4) is 0 Å². The summed E-state index contributed by atoms with van der Waals surface area (Å²) in [5.74, 6) is 0.133. The van der Waals surface area contributed by atoms with E-state index in [1.807, 2.05) is 19.1 Å². The molecule has 0 spiro atoms. The topological polar surface area (TPSA) is 84.0 Å². The molecule has 0 atom stereocenters. The van der Waals surface area contributed by atoms with E-state index in [1.165, 1.54) is 23.3 Å². The Morgan fingerprint density at radius 2 is 2.21 bits per heavy atom. The molecule has 8 heteroatoms. The van der Waals surface area contributed by atoms with Crippen LogP contribution in [0, 0.1) is 6.92 Å². The highest BCUT2D eigenvalue weighted by Crippen LogP contribution is 2.33. The Labute approximate surface area is 145 Å². The number of nitrogens with zero attached hydrogens (tertiary/aromatic N) is 2. The van der Waals surface area contributed by atoms with Crippen molar-refractivity contribution in [3.63, 3.8) is 0 Å². The number of aryl methyl sites for hydroxylation is 1. The van der Waals surface area contributed by atoms with E-state index in [2.05, 4.69) is 20.0 Å². The number of carbonyl (C=O) groups excluding carboxylic acids is 2. The summed E-state index contributed by atoms with van der Waals surface area (Å²) in [4.78, 5) is 30.0. The van der Waals surface area contributed by atoms with Gasteiger partial charge in [0.05, 0.1) is 22.7 Å². The first-order valence-corrected chi connectivity index (χ1v) is 8.96. The molecule has 3 heterocycles. The number of thioether (sulfide) groups is 1. The minimum absolute atomic E-state index is 0.0361. The zero-order chi connectivity index (χ0) is 16.7. The van der Waals surface area contributed by atoms with Crippen LogP contribution in [0.5, 0.6) is 0 Å². The van der Waals surface area contributed by atoms with Crippen LogP contribution in [0.25, 0.3) is 10.2 Å². The molecule has 1 aliphatic heterocycles. The van der Waals surface area contributed by atoms with Gasteiger partial charge in [-0.2, -0.15) is 4.37 Å². The van der Waals surface area contributed by atoms with Crippen molar-refractivity contribution in [2.24, 2.45) is 0 Å². The Morgan fingerprint density at radius 3 is 3.08 bits per heavy atom. The Morgan fingerprint density at radius 1 is 1.33 bits per heavy atom. The third-order valence-electron chi connectivity index (χ3n) is 3.64. The average molecular weight is 356 g/mol. The number of carbonyl (C=O) groups is 2. The van der Waals surface area contributed by atoms with Crippen molar-refractivity contribution in [2.45, 2.75) is 11.8 Å². The van der Waals surface area contributed by atoms with Crippen molar-refractivity contribution in [1.82, 2.24) is 9.36 Å². The molecule has 0 radical (unpaired) electrons. The van der Waals surface area contributed by atoms with Gasteiger partial charge in [0.15, 0.2) is 0 Å². The first-order chi connectivity index (χ1) is 11.6. The maximum absolute atomic E-state index is 12.5. The number of fused-ring (bicyclic) bond motifs is 2. The summed E-state index contributed by atoms with van der Waals surface area (Å²) < 4.78 is 4.24. The fraction of sp³-hybridized carbons (Fsp3) is 0.125. The number of amides is 2. The number of nitrogens with one attached hydrogen (secondary N) is 2. The van der Waals surface area contributed by atoms with Gasteiger partial charge in [0, 0.05) is 22.2 Å². The highest BCUT2D eigenvalue weighted by Gasteiger charge is 2.16. The summed E-state index contributed by atoms with van der Waals surface area (Å²) in [6.07, 6.45) is 1.55. The molecule has 0 saturated carbocycles. The summed E-state index contributed by atoms with van der Waals surface area (Å²) in [5, 5.41) is 6.54. The Hall–Kier alpha value is -2.45. The van der Waals surface area contributed by atoms with Crippen molar-refractivity contribution < 1.29 is 9.59 Å². The molecule has 0 bridgehead atoms. The molecule has 6 nitrogen and oxygen atoms in total. The number of hydrogen-bond donors (Lipinski definition) is 2. The molecule has 0 aliphatic carbocycles. The molecule has 1 aliphatic rings. The van der Waals surface area contributed by atoms with E-state index in [-0.39, 0.29) is 11.8 Å². The summed E-state index contributed by atoms with van der Waals surface area (Å²) >= 11 is 2.80. The van der Waals surface area contributed by atoms with Crippen molar-refractivity contribution in [3.05, 3.63) is 41.7 Å². The Bertz CT molecular complexity index is 983. The minimum atomic E-state index is -0.246. The van der Waals surface area contributed by atoms with Gasteiger partial charge in [-0.05, 0) is 42.7 Å². The van der Waals surface area contributed by atoms with Gasteiger partial charge in [-0.1, -0.05) is 0 Å². The number of hydrogen-bond acceptors (Lipinski definition) is 6. The summed E-state index contributed by atoms with van der Waals surface area (Å²) in [7, 11) is 0. The number of pyridine rings is 1. The first kappa shape index (κ1) is 15.1. The van der Waals surface area contributed by atoms with E-state index < -0.39 is 0 Å². The maximum Gasteiger partial charge on any atom is 0.257 e. The van der Waals surface area contributed by atoms with E-state index in [0.717, 1.165) is 26.5 Å². The normalized spacial score (nSPS) is 13.5. The lowest BCUT2D eigenvalue weighted by Crippen LogP contribution is -2.19. The largest absolute Gasteiger partial charge is 0.324 e. The van der Waals surface area contributed by atoms with Crippen molar-refractivity contribution >= 4 is 56.7 Å². The summed E-state index contributed by atoms with van der Waals surface area (Å²) in [6, 6.07) is 7.28. The molecule has 24 heavy (non-hydrogen) atoms. The van der Waals surface area contributed by atoms with Crippen LogP contribution < -0.4 is 10.6 Å². The van der Waals surface area contributed by atoms with E-state index in [4.69, 9.17) is 0 Å². The highest BCUT2D eigenvalue weighted by atomic mass is 32.2. The van der Waals surface area contributed by atoms with E-state index in [9.17, 15) is 9.59 Å². The van der Waals surface area contributed by atoms with Gasteiger partial charge in [-0.15, -0.1) is 11.8 Å². The van der Waals surface area contributed by atoms with Gasteiger partial charge in [0.25, 0.3) is 5.91 Å². The third-order valence-corrected chi connectivity index (χ3v) is 5.58. The molecule has 0 saturated heterocycles. The molecular weight excluding hydrogens is 344 g/mol. The van der Waals surface area contributed by atoms with E-state index in [0.29, 0.717) is 17.0 Å². The van der Waals surface area contributed by atoms with Gasteiger partial charge in [-0.3, -0.25) is 9.59 Å². The molecule has 3 aromatic rings. The molecule has 0 fully saturated rings. The van der Waals surface area contributed by atoms with Crippen molar-refractivity contribution in [1.29, 1.82) is 0 Å². The van der Waals surface area contributed by atoms with Gasteiger partial charge < -0.3 is 10.6 Å². The monoisotopic (exact) mass is 356 g/mol. The lowest BCUT2D eigenvalue weighted by molar-refractivity contribution is -0.113. The molecular formula is C16H12N4O2S2. The lowest BCUT2D eigenvalue weighted by atomic mass is 10.2. The summed E-state index contributed by atoms with van der Waals surface area (Å²) in [6.45, 7) is 1.89.